The molecule has 1 heterocycles. The molecule has 0 amide bonds. The molecule has 15 heavy (non-hydrogen) atoms. The summed E-state index contributed by atoms with van der Waals surface area (Å²) < 4.78 is 4.65. The van der Waals surface area contributed by atoms with Crippen LogP contribution in [-0.4, -0.2) is 11.5 Å². The molecule has 2 rings (SSSR count). The van der Waals surface area contributed by atoms with Crippen molar-refractivity contribution in [3.63, 3.8) is 0 Å². The Morgan fingerprint density at radius 3 is 2.93 bits per heavy atom. The summed E-state index contributed by atoms with van der Waals surface area (Å²) in [6.07, 6.45) is 0. The van der Waals surface area contributed by atoms with Gasteiger partial charge in [-0.25, -0.2) is 0 Å². The lowest BCUT2D eigenvalue weighted by molar-refractivity contribution is -0.129. The van der Waals surface area contributed by atoms with Crippen LogP contribution in [0, 0.1) is 0 Å². The van der Waals surface area contributed by atoms with Crippen molar-refractivity contribution in [1.82, 2.24) is 4.98 Å². The average Bonchev–Trinajstić information content (AvgIpc) is 2.25. The second-order valence-corrected chi connectivity index (χ2v) is 3.11. The van der Waals surface area contributed by atoms with E-state index in [1.54, 1.807) is 6.07 Å². The standard InChI is InChI=1S/C11H9NO3/c13-7-15-6-8-5-11(14)12-10-4-2-1-3-9(8)10/h1-5,7H,6H2,(H,12,14). The summed E-state index contributed by atoms with van der Waals surface area (Å²) in [5.41, 5.74) is 1.26. The van der Waals surface area contributed by atoms with E-state index >= 15 is 0 Å². The van der Waals surface area contributed by atoms with Crippen molar-refractivity contribution in [1.29, 1.82) is 0 Å². The Morgan fingerprint density at radius 1 is 1.33 bits per heavy atom. The Morgan fingerprint density at radius 2 is 2.13 bits per heavy atom. The molecule has 1 aromatic carbocycles. The first kappa shape index (κ1) is 9.45. The predicted molar refractivity (Wildman–Crippen MR) is 55.4 cm³/mol. The normalized spacial score (nSPS) is 10.1. The molecule has 4 heteroatoms. The van der Waals surface area contributed by atoms with Gasteiger partial charge in [0.15, 0.2) is 0 Å². The van der Waals surface area contributed by atoms with Gasteiger partial charge >= 0.3 is 0 Å². The fourth-order valence-corrected chi connectivity index (χ4v) is 1.52. The van der Waals surface area contributed by atoms with Crippen LogP contribution in [0.3, 0.4) is 0 Å². The number of para-hydroxylation sites is 1. The molecule has 0 spiro atoms. The third-order valence-corrected chi connectivity index (χ3v) is 2.14. The Kier molecular flexibility index (Phi) is 2.49. The van der Waals surface area contributed by atoms with Crippen LogP contribution in [0.2, 0.25) is 0 Å². The number of rotatable bonds is 3. The van der Waals surface area contributed by atoms with Gasteiger partial charge in [-0.15, -0.1) is 0 Å². The molecule has 0 aliphatic carbocycles. The highest BCUT2D eigenvalue weighted by Crippen LogP contribution is 2.14. The van der Waals surface area contributed by atoms with Gasteiger partial charge in [-0.3, -0.25) is 9.59 Å². The van der Waals surface area contributed by atoms with Gasteiger partial charge in [-0.05, 0) is 6.07 Å². The molecule has 0 bridgehead atoms. The van der Waals surface area contributed by atoms with Crippen LogP contribution in [0.25, 0.3) is 10.9 Å². The van der Waals surface area contributed by atoms with Gasteiger partial charge in [0.1, 0.15) is 6.61 Å². The van der Waals surface area contributed by atoms with Gasteiger partial charge in [0.2, 0.25) is 5.56 Å². The Hall–Kier alpha value is -2.10. The van der Waals surface area contributed by atoms with Gasteiger partial charge in [-0.2, -0.15) is 0 Å². The summed E-state index contributed by atoms with van der Waals surface area (Å²) in [4.78, 5) is 24.1. The smallest absolute Gasteiger partial charge is 0.293 e. The topological polar surface area (TPSA) is 59.2 Å². The van der Waals surface area contributed by atoms with Crippen LogP contribution in [0.4, 0.5) is 0 Å². The number of nitrogens with one attached hydrogen (secondary N) is 1. The molecule has 0 atom stereocenters. The molecule has 1 aromatic heterocycles. The number of ether oxygens (including phenoxy) is 1. The van der Waals surface area contributed by atoms with E-state index in [0.29, 0.717) is 12.0 Å². The van der Waals surface area contributed by atoms with E-state index in [4.69, 9.17) is 0 Å². The first-order chi connectivity index (χ1) is 7.31. The maximum atomic E-state index is 11.3. The maximum Gasteiger partial charge on any atom is 0.293 e. The molecular formula is C11H9NO3. The molecule has 0 unspecified atom stereocenters. The van der Waals surface area contributed by atoms with Crippen LogP contribution < -0.4 is 5.56 Å². The van der Waals surface area contributed by atoms with Crippen LogP contribution in [0.5, 0.6) is 0 Å². The minimum Gasteiger partial charge on any atom is -0.463 e. The lowest BCUT2D eigenvalue weighted by atomic mass is 10.1. The average molecular weight is 203 g/mol. The Bertz CT molecular complexity index is 545. The number of hydrogen-bond acceptors (Lipinski definition) is 3. The number of aromatic nitrogens is 1. The zero-order valence-corrected chi connectivity index (χ0v) is 7.90. The quantitative estimate of drug-likeness (QED) is 0.762. The van der Waals surface area contributed by atoms with E-state index in [1.807, 2.05) is 18.2 Å². The summed E-state index contributed by atoms with van der Waals surface area (Å²) >= 11 is 0. The number of H-pyrrole nitrogens is 1. The fraction of sp³-hybridized carbons (Fsp3) is 0.0909. The summed E-state index contributed by atoms with van der Waals surface area (Å²) in [6.45, 7) is 0.490. The van der Waals surface area contributed by atoms with Gasteiger partial charge in [-0.1, -0.05) is 18.2 Å². The van der Waals surface area contributed by atoms with Crippen LogP contribution in [0.1, 0.15) is 5.56 Å². The number of pyridine rings is 1. The zero-order chi connectivity index (χ0) is 10.7. The van der Waals surface area contributed by atoms with Gasteiger partial charge in [0, 0.05) is 22.5 Å². The zero-order valence-electron chi connectivity index (χ0n) is 7.90. The maximum absolute atomic E-state index is 11.3. The second kappa shape index (κ2) is 3.96. The minimum absolute atomic E-state index is 0.119. The highest BCUT2D eigenvalue weighted by atomic mass is 16.5. The van der Waals surface area contributed by atoms with Crippen molar-refractivity contribution in [3.05, 3.63) is 46.2 Å². The summed E-state index contributed by atoms with van der Waals surface area (Å²) in [5.74, 6) is 0. The minimum atomic E-state index is -0.196. The summed E-state index contributed by atoms with van der Waals surface area (Å²) in [6, 6.07) is 8.81. The van der Waals surface area contributed by atoms with E-state index in [2.05, 4.69) is 9.72 Å². The molecule has 0 saturated heterocycles. The number of carbonyl (C=O) groups is 1. The van der Waals surface area contributed by atoms with Gasteiger partial charge in [0.25, 0.3) is 6.47 Å². The third-order valence-electron chi connectivity index (χ3n) is 2.14. The molecule has 0 aliphatic heterocycles. The van der Waals surface area contributed by atoms with Crippen LogP contribution >= 0.6 is 0 Å². The van der Waals surface area contributed by atoms with Crippen LogP contribution in [-0.2, 0) is 16.1 Å². The number of carbonyl (C=O) groups excluding carboxylic acids is 1. The van der Waals surface area contributed by atoms with E-state index in [9.17, 15) is 9.59 Å². The van der Waals surface area contributed by atoms with E-state index < -0.39 is 0 Å². The van der Waals surface area contributed by atoms with Crippen molar-refractivity contribution in [2.45, 2.75) is 6.61 Å². The van der Waals surface area contributed by atoms with Crippen molar-refractivity contribution in [2.75, 3.05) is 0 Å². The monoisotopic (exact) mass is 203 g/mol. The van der Waals surface area contributed by atoms with Crippen LogP contribution in [0.15, 0.2) is 35.1 Å². The van der Waals surface area contributed by atoms with E-state index in [-0.39, 0.29) is 12.2 Å². The van der Waals surface area contributed by atoms with Crippen molar-refractivity contribution >= 4 is 17.4 Å². The lowest BCUT2D eigenvalue weighted by Crippen LogP contribution is -2.07. The Labute approximate surface area is 85.5 Å². The van der Waals surface area contributed by atoms with Gasteiger partial charge in [0.05, 0.1) is 0 Å². The molecule has 1 N–H and O–H groups in total. The number of fused-ring (bicyclic) bond motifs is 1. The fourth-order valence-electron chi connectivity index (χ4n) is 1.52. The van der Waals surface area contributed by atoms with Crippen molar-refractivity contribution in [3.8, 4) is 0 Å². The molecule has 4 nitrogen and oxygen atoms in total. The molecule has 0 aliphatic rings. The molecular weight excluding hydrogens is 194 g/mol. The van der Waals surface area contributed by atoms with E-state index in [1.165, 1.54) is 6.07 Å². The number of hydrogen-bond donors (Lipinski definition) is 1. The van der Waals surface area contributed by atoms with Gasteiger partial charge < -0.3 is 9.72 Å². The highest BCUT2D eigenvalue weighted by Gasteiger charge is 2.02. The van der Waals surface area contributed by atoms with Crippen molar-refractivity contribution < 1.29 is 9.53 Å². The predicted octanol–water partition coefficient (Wildman–Crippen LogP) is 1.20. The molecule has 2 aromatic rings. The highest BCUT2D eigenvalue weighted by molar-refractivity contribution is 5.81. The largest absolute Gasteiger partial charge is 0.463 e. The first-order valence-corrected chi connectivity index (χ1v) is 4.47. The summed E-state index contributed by atoms with van der Waals surface area (Å²) in [5, 5.41) is 0.888. The lowest BCUT2D eigenvalue weighted by Gasteiger charge is -2.04. The molecule has 0 fully saturated rings. The van der Waals surface area contributed by atoms with E-state index in [0.717, 1.165) is 10.9 Å². The molecule has 0 saturated carbocycles. The molecule has 76 valence electrons. The summed E-state index contributed by atoms with van der Waals surface area (Å²) in [7, 11) is 0. The third kappa shape index (κ3) is 1.88. The number of benzene rings is 1. The van der Waals surface area contributed by atoms with Crippen molar-refractivity contribution in [2.24, 2.45) is 0 Å². The Balaban J connectivity index is 2.60. The molecule has 0 radical (unpaired) electrons. The second-order valence-electron chi connectivity index (χ2n) is 3.11. The SMILES string of the molecule is O=COCc1cc(=O)[nH]c2ccccc12. The first-order valence-electron chi connectivity index (χ1n) is 4.47. The number of aromatic amines is 1.